The van der Waals surface area contributed by atoms with Crippen molar-refractivity contribution in [3.63, 3.8) is 0 Å². The Morgan fingerprint density at radius 3 is 2.87 bits per heavy atom. The summed E-state index contributed by atoms with van der Waals surface area (Å²) in [5.74, 6) is 1.23. The lowest BCUT2D eigenvalue weighted by atomic mass is 10.3. The SMILES string of the molecule is COc1cccc(-n2cc(Br)nc2N)c1. The number of ether oxygens (including phenoxy) is 1. The molecule has 1 heterocycles. The highest BCUT2D eigenvalue weighted by Crippen LogP contribution is 2.21. The molecule has 0 fully saturated rings. The third-order valence-corrected chi connectivity index (χ3v) is 2.42. The maximum atomic E-state index is 5.75. The van der Waals surface area contributed by atoms with Gasteiger partial charge in [-0.05, 0) is 28.1 Å². The second-order valence-corrected chi connectivity index (χ2v) is 3.81. The molecule has 0 saturated carbocycles. The topological polar surface area (TPSA) is 53.1 Å². The van der Waals surface area contributed by atoms with Gasteiger partial charge in [-0.1, -0.05) is 6.07 Å². The number of imidazole rings is 1. The molecule has 15 heavy (non-hydrogen) atoms. The molecule has 1 aromatic heterocycles. The van der Waals surface area contributed by atoms with Gasteiger partial charge in [-0.25, -0.2) is 4.98 Å². The Bertz CT molecular complexity index is 481. The van der Waals surface area contributed by atoms with Crippen molar-refractivity contribution >= 4 is 21.9 Å². The number of methoxy groups -OCH3 is 1. The maximum absolute atomic E-state index is 5.75. The zero-order chi connectivity index (χ0) is 10.8. The number of rotatable bonds is 2. The van der Waals surface area contributed by atoms with Gasteiger partial charge in [0, 0.05) is 12.3 Å². The van der Waals surface area contributed by atoms with E-state index in [-0.39, 0.29) is 0 Å². The van der Waals surface area contributed by atoms with E-state index in [1.807, 2.05) is 30.5 Å². The number of nitrogens with zero attached hydrogens (tertiary/aromatic N) is 2. The Balaban J connectivity index is 2.49. The van der Waals surface area contributed by atoms with E-state index in [9.17, 15) is 0 Å². The van der Waals surface area contributed by atoms with E-state index in [1.54, 1.807) is 11.7 Å². The molecular formula is C10H10BrN3O. The quantitative estimate of drug-likeness (QED) is 0.908. The predicted molar refractivity (Wildman–Crippen MR) is 62.2 cm³/mol. The lowest BCUT2D eigenvalue weighted by molar-refractivity contribution is 0.414. The number of nitrogens with two attached hydrogens (primary N) is 1. The van der Waals surface area contributed by atoms with E-state index < -0.39 is 0 Å². The molecule has 78 valence electrons. The van der Waals surface area contributed by atoms with Crippen molar-refractivity contribution in [2.45, 2.75) is 0 Å². The van der Waals surface area contributed by atoms with Crippen LogP contribution in [-0.4, -0.2) is 16.7 Å². The minimum absolute atomic E-state index is 0.440. The van der Waals surface area contributed by atoms with Gasteiger partial charge in [0.05, 0.1) is 12.8 Å². The number of hydrogen-bond acceptors (Lipinski definition) is 3. The number of anilines is 1. The van der Waals surface area contributed by atoms with Crippen molar-refractivity contribution in [3.05, 3.63) is 35.1 Å². The highest BCUT2D eigenvalue weighted by Gasteiger charge is 2.05. The largest absolute Gasteiger partial charge is 0.497 e. The summed E-state index contributed by atoms with van der Waals surface area (Å²) in [5.41, 5.74) is 6.67. The van der Waals surface area contributed by atoms with E-state index in [0.29, 0.717) is 10.6 Å². The summed E-state index contributed by atoms with van der Waals surface area (Å²) in [6.07, 6.45) is 1.81. The summed E-state index contributed by atoms with van der Waals surface area (Å²) in [4.78, 5) is 4.06. The zero-order valence-corrected chi connectivity index (χ0v) is 9.73. The average Bonchev–Trinajstić information content (AvgIpc) is 2.58. The predicted octanol–water partition coefficient (Wildman–Crippen LogP) is 2.23. The van der Waals surface area contributed by atoms with Gasteiger partial charge in [-0.3, -0.25) is 4.57 Å². The van der Waals surface area contributed by atoms with E-state index in [2.05, 4.69) is 20.9 Å². The van der Waals surface area contributed by atoms with Crippen LogP contribution in [0.4, 0.5) is 5.95 Å². The fraction of sp³-hybridized carbons (Fsp3) is 0.100. The zero-order valence-electron chi connectivity index (χ0n) is 8.14. The van der Waals surface area contributed by atoms with Crippen LogP contribution in [0.3, 0.4) is 0 Å². The first-order valence-corrected chi connectivity index (χ1v) is 5.15. The highest BCUT2D eigenvalue weighted by atomic mass is 79.9. The van der Waals surface area contributed by atoms with Crippen LogP contribution in [0.15, 0.2) is 35.1 Å². The van der Waals surface area contributed by atoms with Crippen molar-refractivity contribution in [1.82, 2.24) is 9.55 Å². The van der Waals surface area contributed by atoms with E-state index >= 15 is 0 Å². The Morgan fingerprint density at radius 2 is 2.27 bits per heavy atom. The van der Waals surface area contributed by atoms with Crippen LogP contribution in [0.5, 0.6) is 5.75 Å². The molecule has 0 spiro atoms. The Kier molecular flexibility index (Phi) is 2.64. The molecule has 0 saturated heterocycles. The molecule has 5 heteroatoms. The molecule has 0 amide bonds. The van der Waals surface area contributed by atoms with Crippen LogP contribution in [0.1, 0.15) is 0 Å². The average molecular weight is 268 g/mol. The minimum atomic E-state index is 0.440. The number of aromatic nitrogens is 2. The summed E-state index contributed by atoms with van der Waals surface area (Å²) >= 11 is 3.27. The Hall–Kier alpha value is -1.49. The Labute approximate surface area is 95.8 Å². The first-order valence-electron chi connectivity index (χ1n) is 4.35. The van der Waals surface area contributed by atoms with Crippen molar-refractivity contribution in [1.29, 1.82) is 0 Å². The minimum Gasteiger partial charge on any atom is -0.497 e. The van der Waals surface area contributed by atoms with Gasteiger partial charge in [0.1, 0.15) is 10.4 Å². The molecule has 2 N–H and O–H groups in total. The van der Waals surface area contributed by atoms with Gasteiger partial charge in [0.25, 0.3) is 0 Å². The van der Waals surface area contributed by atoms with Crippen LogP contribution < -0.4 is 10.5 Å². The highest BCUT2D eigenvalue weighted by molar-refractivity contribution is 9.10. The van der Waals surface area contributed by atoms with Crippen LogP contribution in [-0.2, 0) is 0 Å². The molecule has 0 radical (unpaired) electrons. The molecule has 2 rings (SSSR count). The number of halogens is 1. The summed E-state index contributed by atoms with van der Waals surface area (Å²) in [6.45, 7) is 0. The van der Waals surface area contributed by atoms with E-state index in [1.165, 1.54) is 0 Å². The van der Waals surface area contributed by atoms with Crippen LogP contribution >= 0.6 is 15.9 Å². The fourth-order valence-electron chi connectivity index (χ4n) is 1.33. The normalized spacial score (nSPS) is 10.3. The number of benzene rings is 1. The van der Waals surface area contributed by atoms with Crippen LogP contribution in [0, 0.1) is 0 Å². The summed E-state index contributed by atoms with van der Waals surface area (Å²) < 4.78 is 7.63. The van der Waals surface area contributed by atoms with Gasteiger partial charge in [-0.15, -0.1) is 0 Å². The maximum Gasteiger partial charge on any atom is 0.205 e. The van der Waals surface area contributed by atoms with Gasteiger partial charge < -0.3 is 10.5 Å². The van der Waals surface area contributed by atoms with E-state index in [0.717, 1.165) is 11.4 Å². The fourth-order valence-corrected chi connectivity index (χ4v) is 1.72. The first-order chi connectivity index (χ1) is 7.20. The molecular weight excluding hydrogens is 258 g/mol. The lowest BCUT2D eigenvalue weighted by Crippen LogP contribution is -1.99. The third kappa shape index (κ3) is 1.97. The smallest absolute Gasteiger partial charge is 0.205 e. The second kappa shape index (κ2) is 3.94. The van der Waals surface area contributed by atoms with Gasteiger partial charge >= 0.3 is 0 Å². The lowest BCUT2D eigenvalue weighted by Gasteiger charge is -2.06. The summed E-state index contributed by atoms with van der Waals surface area (Å²) in [6, 6.07) is 7.62. The molecule has 0 unspecified atom stereocenters. The van der Waals surface area contributed by atoms with Crippen LogP contribution in [0.2, 0.25) is 0 Å². The van der Waals surface area contributed by atoms with Crippen molar-refractivity contribution in [3.8, 4) is 11.4 Å². The molecule has 0 aliphatic heterocycles. The molecule has 4 nitrogen and oxygen atoms in total. The third-order valence-electron chi connectivity index (χ3n) is 2.04. The van der Waals surface area contributed by atoms with Gasteiger partial charge in [-0.2, -0.15) is 0 Å². The molecule has 0 aliphatic carbocycles. The second-order valence-electron chi connectivity index (χ2n) is 2.99. The standard InChI is InChI=1S/C10H10BrN3O/c1-15-8-4-2-3-7(5-8)14-6-9(11)13-10(14)12/h2-6H,1H3,(H2,12,13). The molecule has 2 aromatic rings. The monoisotopic (exact) mass is 267 g/mol. The summed E-state index contributed by atoms with van der Waals surface area (Å²) in [7, 11) is 1.63. The molecule has 0 aliphatic rings. The molecule has 1 aromatic carbocycles. The van der Waals surface area contributed by atoms with E-state index in [4.69, 9.17) is 10.5 Å². The molecule has 0 atom stereocenters. The Morgan fingerprint density at radius 1 is 1.47 bits per heavy atom. The number of nitrogen functional groups attached to an aromatic ring is 1. The first kappa shape index (κ1) is 10.0. The van der Waals surface area contributed by atoms with Crippen LogP contribution in [0.25, 0.3) is 5.69 Å². The van der Waals surface area contributed by atoms with Crippen molar-refractivity contribution in [2.75, 3.05) is 12.8 Å². The molecule has 0 bridgehead atoms. The summed E-state index contributed by atoms with van der Waals surface area (Å²) in [5, 5.41) is 0. The van der Waals surface area contributed by atoms with Crippen molar-refractivity contribution < 1.29 is 4.74 Å². The van der Waals surface area contributed by atoms with Gasteiger partial charge in [0.15, 0.2) is 0 Å². The van der Waals surface area contributed by atoms with Gasteiger partial charge in [0.2, 0.25) is 5.95 Å². The number of hydrogen-bond donors (Lipinski definition) is 1. The van der Waals surface area contributed by atoms with Crippen molar-refractivity contribution in [2.24, 2.45) is 0 Å².